The maximum atomic E-state index is 11.6. The maximum Gasteiger partial charge on any atom is 0.258 e. The first-order chi connectivity index (χ1) is 9.61. The number of carbonyl (C=O) groups excluding carboxylic acids is 2. The molecule has 1 atom stereocenters. The van der Waals surface area contributed by atoms with Crippen molar-refractivity contribution in [3.05, 3.63) is 28.2 Å². The molecule has 0 aromatic heterocycles. The van der Waals surface area contributed by atoms with Crippen LogP contribution < -0.4 is 15.6 Å². The zero-order valence-electron chi connectivity index (χ0n) is 10.5. The molecule has 1 unspecified atom stereocenters. The Labute approximate surface area is 123 Å². The predicted molar refractivity (Wildman–Crippen MR) is 76.6 cm³/mol. The van der Waals surface area contributed by atoms with Crippen LogP contribution in [0.25, 0.3) is 0 Å². The van der Waals surface area contributed by atoms with E-state index >= 15 is 0 Å². The average molecular weight is 339 g/mol. The van der Waals surface area contributed by atoms with E-state index in [0.29, 0.717) is 11.3 Å². The Morgan fingerprint density at radius 1 is 1.60 bits per heavy atom. The Morgan fingerprint density at radius 3 is 3.05 bits per heavy atom. The average Bonchev–Trinajstić information content (AvgIpc) is 2.85. The number of ether oxygens (including phenoxy) is 1. The fourth-order valence-electron chi connectivity index (χ4n) is 1.54. The number of halogens is 1. The molecular formula is C12H11BrN4O3. The number of hydrogen-bond acceptors (Lipinski definition) is 5. The highest BCUT2D eigenvalue weighted by Crippen LogP contribution is 2.21. The third-order valence-electron chi connectivity index (χ3n) is 2.53. The van der Waals surface area contributed by atoms with Gasteiger partial charge in [0.1, 0.15) is 5.75 Å². The third kappa shape index (κ3) is 3.21. The molecule has 0 saturated heterocycles. The van der Waals surface area contributed by atoms with E-state index in [0.717, 1.165) is 4.47 Å². The van der Waals surface area contributed by atoms with E-state index in [-0.39, 0.29) is 0 Å². The second kappa shape index (κ2) is 6.29. The van der Waals surface area contributed by atoms with E-state index in [1.165, 1.54) is 12.4 Å². The lowest BCUT2D eigenvalue weighted by Crippen LogP contribution is -2.34. The minimum Gasteiger partial charge on any atom is -0.496 e. The van der Waals surface area contributed by atoms with E-state index in [9.17, 15) is 9.59 Å². The van der Waals surface area contributed by atoms with Gasteiger partial charge in [0.05, 0.1) is 13.3 Å². The van der Waals surface area contributed by atoms with Crippen LogP contribution in [-0.4, -0.2) is 31.4 Å². The first-order valence-electron chi connectivity index (χ1n) is 5.61. The van der Waals surface area contributed by atoms with Crippen molar-refractivity contribution in [1.29, 1.82) is 0 Å². The Balaban J connectivity index is 2.03. The van der Waals surface area contributed by atoms with Gasteiger partial charge in [-0.05, 0) is 18.2 Å². The molecule has 2 N–H and O–H groups in total. The molecule has 1 aromatic rings. The van der Waals surface area contributed by atoms with Crippen molar-refractivity contribution in [3.63, 3.8) is 0 Å². The van der Waals surface area contributed by atoms with E-state index in [2.05, 4.69) is 37.0 Å². The number of nitrogens with zero attached hydrogens (tertiary/aromatic N) is 2. The molecule has 0 saturated carbocycles. The summed E-state index contributed by atoms with van der Waals surface area (Å²) in [5.41, 5.74) is 5.14. The summed E-state index contributed by atoms with van der Waals surface area (Å²) >= 11 is 3.33. The van der Waals surface area contributed by atoms with Crippen molar-refractivity contribution in [2.75, 3.05) is 7.11 Å². The number of methoxy groups -OCH3 is 1. The Morgan fingerprint density at radius 2 is 2.40 bits per heavy atom. The summed E-state index contributed by atoms with van der Waals surface area (Å²) in [6.45, 7) is 0. The largest absolute Gasteiger partial charge is 0.496 e. The van der Waals surface area contributed by atoms with Crippen molar-refractivity contribution in [2.24, 2.45) is 16.1 Å². The molecule has 1 heterocycles. The summed E-state index contributed by atoms with van der Waals surface area (Å²) in [5, 5.41) is 7.31. The second-order valence-corrected chi connectivity index (χ2v) is 4.77. The molecule has 7 nitrogen and oxygen atoms in total. The number of nitrogens with one attached hydrogen (secondary N) is 2. The smallest absolute Gasteiger partial charge is 0.258 e. The molecule has 0 aliphatic carbocycles. The molecule has 1 aliphatic rings. The van der Waals surface area contributed by atoms with Gasteiger partial charge in [-0.1, -0.05) is 15.9 Å². The van der Waals surface area contributed by atoms with Gasteiger partial charge in [-0.15, -0.1) is 0 Å². The van der Waals surface area contributed by atoms with Gasteiger partial charge < -0.3 is 4.74 Å². The molecule has 20 heavy (non-hydrogen) atoms. The number of carbonyl (C=O) groups is 2. The molecule has 0 bridgehead atoms. The van der Waals surface area contributed by atoms with Gasteiger partial charge in [-0.2, -0.15) is 10.2 Å². The first-order valence-corrected chi connectivity index (χ1v) is 6.40. The topological polar surface area (TPSA) is 92.2 Å². The monoisotopic (exact) mass is 338 g/mol. The van der Waals surface area contributed by atoms with Crippen LogP contribution in [0.2, 0.25) is 0 Å². The predicted octanol–water partition coefficient (Wildman–Crippen LogP) is 0.640. The molecule has 1 aromatic carbocycles. The van der Waals surface area contributed by atoms with Gasteiger partial charge >= 0.3 is 0 Å². The molecule has 2 rings (SSSR count). The molecular weight excluding hydrogens is 328 g/mol. The quantitative estimate of drug-likeness (QED) is 0.479. The van der Waals surface area contributed by atoms with Crippen LogP contribution >= 0.6 is 15.9 Å². The fraction of sp³-hybridized carbons (Fsp3) is 0.167. The summed E-state index contributed by atoms with van der Waals surface area (Å²) in [6, 6.07) is 5.39. The minimum absolute atomic E-state index is 0.474. The summed E-state index contributed by atoms with van der Waals surface area (Å²) in [7, 11) is 1.54. The summed E-state index contributed by atoms with van der Waals surface area (Å²) in [6.07, 6.45) is 2.67. The van der Waals surface area contributed by atoms with Crippen LogP contribution in [-0.2, 0) is 9.59 Å². The molecule has 8 heteroatoms. The number of hydrazone groups is 2. The fourth-order valence-corrected chi connectivity index (χ4v) is 1.92. The van der Waals surface area contributed by atoms with Crippen molar-refractivity contribution < 1.29 is 14.3 Å². The van der Waals surface area contributed by atoms with E-state index in [1.54, 1.807) is 19.2 Å². The number of hydrogen-bond donors (Lipinski definition) is 2. The van der Waals surface area contributed by atoms with E-state index in [4.69, 9.17) is 4.74 Å². The molecule has 1 aliphatic heterocycles. The number of rotatable bonds is 4. The van der Waals surface area contributed by atoms with Crippen molar-refractivity contribution in [1.82, 2.24) is 10.9 Å². The van der Waals surface area contributed by atoms with Crippen molar-refractivity contribution >= 4 is 40.2 Å². The minimum atomic E-state index is -0.948. The van der Waals surface area contributed by atoms with Gasteiger partial charge in [0.15, 0.2) is 5.92 Å². The molecule has 2 amide bonds. The normalized spacial score (nSPS) is 17.3. The highest BCUT2D eigenvalue weighted by atomic mass is 79.9. The zero-order chi connectivity index (χ0) is 14.5. The third-order valence-corrected chi connectivity index (χ3v) is 3.03. The number of amides is 2. The Hall–Kier alpha value is -2.22. The lowest BCUT2D eigenvalue weighted by Gasteiger charge is -2.05. The van der Waals surface area contributed by atoms with Gasteiger partial charge in [0.25, 0.3) is 11.8 Å². The lowest BCUT2D eigenvalue weighted by atomic mass is 10.1. The van der Waals surface area contributed by atoms with E-state index in [1.807, 2.05) is 6.07 Å². The van der Waals surface area contributed by atoms with Crippen LogP contribution in [0, 0.1) is 5.92 Å². The van der Waals surface area contributed by atoms with Crippen LogP contribution in [0.15, 0.2) is 32.9 Å². The first kappa shape index (κ1) is 14.2. The SMILES string of the molecule is COc1ccc(Br)cc1C=NNC(=O)C1C=NNC1=O. The van der Waals surface area contributed by atoms with Crippen molar-refractivity contribution in [2.45, 2.75) is 0 Å². The van der Waals surface area contributed by atoms with Crippen LogP contribution in [0.1, 0.15) is 5.56 Å². The highest BCUT2D eigenvalue weighted by Gasteiger charge is 2.28. The van der Waals surface area contributed by atoms with Gasteiger partial charge in [0, 0.05) is 16.3 Å². The maximum absolute atomic E-state index is 11.6. The zero-order valence-corrected chi connectivity index (χ0v) is 12.0. The summed E-state index contributed by atoms with van der Waals surface area (Å²) in [4.78, 5) is 22.9. The highest BCUT2D eigenvalue weighted by molar-refractivity contribution is 9.10. The van der Waals surface area contributed by atoms with Gasteiger partial charge in [-0.25, -0.2) is 10.9 Å². The molecule has 0 fully saturated rings. The molecule has 0 radical (unpaired) electrons. The standard InChI is InChI=1S/C12H11BrN4O3/c1-20-10-3-2-8(13)4-7(10)5-14-16-11(18)9-6-15-17-12(9)19/h2-6,9H,1H3,(H,16,18)(H,17,19). The van der Waals surface area contributed by atoms with Gasteiger partial charge in [-0.3, -0.25) is 9.59 Å². The van der Waals surface area contributed by atoms with Crippen LogP contribution in [0.5, 0.6) is 5.75 Å². The van der Waals surface area contributed by atoms with Crippen molar-refractivity contribution in [3.8, 4) is 5.75 Å². The molecule has 104 valence electrons. The summed E-state index contributed by atoms with van der Waals surface area (Å²) < 4.78 is 6.02. The number of benzene rings is 1. The van der Waals surface area contributed by atoms with E-state index < -0.39 is 17.7 Å². The Bertz CT molecular complexity index is 600. The van der Waals surface area contributed by atoms with Crippen LogP contribution in [0.4, 0.5) is 0 Å². The summed E-state index contributed by atoms with van der Waals surface area (Å²) in [5.74, 6) is -1.35. The second-order valence-electron chi connectivity index (χ2n) is 3.85. The van der Waals surface area contributed by atoms with Crippen LogP contribution in [0.3, 0.4) is 0 Å². The van der Waals surface area contributed by atoms with Gasteiger partial charge in [0.2, 0.25) is 0 Å². The Kier molecular flexibility index (Phi) is 4.46. The molecule has 0 spiro atoms. The lowest BCUT2D eigenvalue weighted by molar-refractivity contribution is -0.131.